The van der Waals surface area contributed by atoms with Gasteiger partial charge in [-0.25, -0.2) is 0 Å². The third kappa shape index (κ3) is 1.88. The van der Waals surface area contributed by atoms with Gasteiger partial charge in [0.1, 0.15) is 5.69 Å². The molecule has 0 saturated carbocycles. The molecule has 0 aliphatic carbocycles. The number of carbonyl (C=O) groups excluding carboxylic acids is 1. The van der Waals surface area contributed by atoms with E-state index in [2.05, 4.69) is 5.10 Å². The molecule has 1 rings (SSSR count). The quantitative estimate of drug-likeness (QED) is 0.590. The van der Waals surface area contributed by atoms with Crippen molar-refractivity contribution in [1.82, 2.24) is 9.78 Å². The van der Waals surface area contributed by atoms with Gasteiger partial charge in [-0.05, 0) is 30.1 Å². The molecular weight excluding hydrogens is 237 g/mol. The Morgan fingerprint density at radius 1 is 1.57 bits per heavy atom. The predicted molar refractivity (Wildman–Crippen MR) is 47.9 cm³/mol. The van der Waals surface area contributed by atoms with Gasteiger partial charge in [0.05, 0.1) is 11.3 Å². The lowest BCUT2D eigenvalue weighted by Crippen LogP contribution is -2.14. The Labute approximate surface area is 88.6 Å². The van der Waals surface area contributed by atoms with Crippen molar-refractivity contribution in [3.63, 3.8) is 0 Å². The van der Waals surface area contributed by atoms with Gasteiger partial charge in [0.15, 0.2) is 0 Å². The first-order valence-electron chi connectivity index (χ1n) is 3.55. The molecule has 1 heterocycles. The molecule has 1 aromatic heterocycles. The SMILES string of the molecule is Cc1nn(C)c(C(F)(F)Cl)c1C(=O)Cl. The van der Waals surface area contributed by atoms with Crippen LogP contribution in [0.4, 0.5) is 8.78 Å². The highest BCUT2D eigenvalue weighted by molar-refractivity contribution is 6.68. The maximum absolute atomic E-state index is 12.8. The highest BCUT2D eigenvalue weighted by atomic mass is 35.5. The van der Waals surface area contributed by atoms with Crippen molar-refractivity contribution >= 4 is 28.4 Å². The maximum atomic E-state index is 12.8. The molecule has 0 amide bonds. The molecule has 7 heteroatoms. The second-order valence-electron chi connectivity index (χ2n) is 2.70. The molecule has 0 unspecified atom stereocenters. The van der Waals surface area contributed by atoms with Gasteiger partial charge >= 0.3 is 5.38 Å². The molecule has 0 spiro atoms. The third-order valence-corrected chi connectivity index (χ3v) is 2.06. The highest BCUT2D eigenvalue weighted by Crippen LogP contribution is 2.35. The van der Waals surface area contributed by atoms with Gasteiger partial charge in [-0.3, -0.25) is 9.48 Å². The van der Waals surface area contributed by atoms with Crippen molar-refractivity contribution in [3.05, 3.63) is 17.0 Å². The summed E-state index contributed by atoms with van der Waals surface area (Å²) in [5.41, 5.74) is -0.895. The fourth-order valence-corrected chi connectivity index (χ4v) is 1.66. The van der Waals surface area contributed by atoms with Gasteiger partial charge in [-0.1, -0.05) is 0 Å². The number of nitrogens with zero attached hydrogens (tertiary/aromatic N) is 2. The van der Waals surface area contributed by atoms with Crippen LogP contribution >= 0.6 is 23.2 Å². The van der Waals surface area contributed by atoms with E-state index in [4.69, 9.17) is 23.2 Å². The summed E-state index contributed by atoms with van der Waals surface area (Å²) >= 11 is 9.97. The molecule has 0 aliphatic heterocycles. The van der Waals surface area contributed by atoms with E-state index in [1.807, 2.05) is 0 Å². The topological polar surface area (TPSA) is 34.9 Å². The van der Waals surface area contributed by atoms with Crippen LogP contribution in [0, 0.1) is 6.92 Å². The van der Waals surface area contributed by atoms with Crippen LogP contribution in [0.25, 0.3) is 0 Å². The summed E-state index contributed by atoms with van der Waals surface area (Å²) in [4.78, 5) is 10.9. The zero-order valence-corrected chi connectivity index (χ0v) is 8.83. The van der Waals surface area contributed by atoms with Crippen molar-refractivity contribution in [2.75, 3.05) is 0 Å². The van der Waals surface area contributed by atoms with E-state index >= 15 is 0 Å². The Morgan fingerprint density at radius 2 is 2.07 bits per heavy atom. The summed E-state index contributed by atoms with van der Waals surface area (Å²) in [6.45, 7) is 1.40. The van der Waals surface area contributed by atoms with Crippen molar-refractivity contribution in [1.29, 1.82) is 0 Å². The summed E-state index contributed by atoms with van der Waals surface area (Å²) in [5.74, 6) is 0. The molecular formula is C7H6Cl2F2N2O. The molecule has 3 nitrogen and oxygen atoms in total. The van der Waals surface area contributed by atoms with E-state index < -0.39 is 16.3 Å². The molecule has 0 N–H and O–H groups in total. The Kier molecular flexibility index (Phi) is 2.83. The zero-order chi connectivity index (χ0) is 11.1. The molecule has 0 aromatic carbocycles. The molecule has 0 radical (unpaired) electrons. The Balaban J connectivity index is 3.48. The van der Waals surface area contributed by atoms with Gasteiger partial charge in [-0.2, -0.15) is 13.9 Å². The minimum atomic E-state index is -3.66. The number of hydrogen-bond acceptors (Lipinski definition) is 2. The summed E-state index contributed by atoms with van der Waals surface area (Å²) in [7, 11) is 1.27. The van der Waals surface area contributed by atoms with E-state index in [0.29, 0.717) is 0 Å². The van der Waals surface area contributed by atoms with Crippen molar-refractivity contribution < 1.29 is 13.6 Å². The first-order chi connectivity index (χ1) is 6.25. The lowest BCUT2D eigenvalue weighted by Gasteiger charge is -2.09. The number of rotatable bonds is 2. The van der Waals surface area contributed by atoms with E-state index in [1.165, 1.54) is 14.0 Å². The van der Waals surface area contributed by atoms with Gasteiger partial charge in [0.2, 0.25) is 0 Å². The first kappa shape index (κ1) is 11.4. The third-order valence-electron chi connectivity index (χ3n) is 1.69. The fraction of sp³-hybridized carbons (Fsp3) is 0.429. The van der Waals surface area contributed by atoms with E-state index in [1.54, 1.807) is 0 Å². The molecule has 1 aromatic rings. The summed E-state index contributed by atoms with van der Waals surface area (Å²) < 4.78 is 26.5. The summed E-state index contributed by atoms with van der Waals surface area (Å²) in [5, 5.41) is -1.01. The van der Waals surface area contributed by atoms with Crippen LogP contribution in [-0.4, -0.2) is 15.0 Å². The van der Waals surface area contributed by atoms with E-state index in [9.17, 15) is 13.6 Å². The summed E-state index contributed by atoms with van der Waals surface area (Å²) in [6, 6.07) is 0. The molecule has 78 valence electrons. The average Bonchev–Trinajstić information content (AvgIpc) is 2.23. The minimum Gasteiger partial charge on any atom is -0.275 e. The normalized spacial score (nSPS) is 11.9. The Bertz CT molecular complexity index is 384. The number of alkyl halides is 3. The van der Waals surface area contributed by atoms with Crippen molar-refractivity contribution in [2.45, 2.75) is 12.3 Å². The number of carbonyl (C=O) groups is 1. The largest absolute Gasteiger partial charge is 0.365 e. The lowest BCUT2D eigenvalue weighted by atomic mass is 10.2. The fourth-order valence-electron chi connectivity index (χ4n) is 1.22. The standard InChI is InChI=1S/C7H6Cl2F2N2O/c1-3-4(6(8)14)5(7(9,10)11)13(2)12-3/h1-2H3. The van der Waals surface area contributed by atoms with Gasteiger partial charge in [-0.15, -0.1) is 0 Å². The number of halogens is 4. The van der Waals surface area contributed by atoms with Crippen LogP contribution in [-0.2, 0) is 12.4 Å². The average molecular weight is 243 g/mol. The number of aryl methyl sites for hydroxylation is 2. The lowest BCUT2D eigenvalue weighted by molar-refractivity contribution is 0.0823. The predicted octanol–water partition coefficient (Wildman–Crippen LogP) is 2.40. The van der Waals surface area contributed by atoms with E-state index in [0.717, 1.165) is 4.68 Å². The second kappa shape index (κ2) is 3.47. The molecule has 0 fully saturated rings. The van der Waals surface area contributed by atoms with Crippen LogP contribution in [0.3, 0.4) is 0 Å². The molecule has 0 saturated heterocycles. The minimum absolute atomic E-state index is 0.128. The molecule has 14 heavy (non-hydrogen) atoms. The maximum Gasteiger partial charge on any atom is 0.365 e. The zero-order valence-electron chi connectivity index (χ0n) is 7.31. The summed E-state index contributed by atoms with van der Waals surface area (Å²) in [6.07, 6.45) is 0. The molecule has 0 bridgehead atoms. The van der Waals surface area contributed by atoms with Gasteiger partial charge in [0, 0.05) is 7.05 Å². The van der Waals surface area contributed by atoms with Crippen LogP contribution in [0.1, 0.15) is 21.7 Å². The van der Waals surface area contributed by atoms with Crippen molar-refractivity contribution in [2.24, 2.45) is 7.05 Å². The monoisotopic (exact) mass is 242 g/mol. The Hall–Kier alpha value is -0.680. The second-order valence-corrected chi connectivity index (χ2v) is 3.52. The van der Waals surface area contributed by atoms with Crippen LogP contribution in [0.5, 0.6) is 0 Å². The molecule has 0 aliphatic rings. The molecule has 0 atom stereocenters. The smallest absolute Gasteiger partial charge is 0.275 e. The van der Waals surface area contributed by atoms with Crippen LogP contribution < -0.4 is 0 Å². The van der Waals surface area contributed by atoms with Crippen LogP contribution in [0.15, 0.2) is 0 Å². The number of aromatic nitrogens is 2. The highest BCUT2D eigenvalue weighted by Gasteiger charge is 2.37. The van der Waals surface area contributed by atoms with Crippen molar-refractivity contribution in [3.8, 4) is 0 Å². The number of hydrogen-bond donors (Lipinski definition) is 0. The Morgan fingerprint density at radius 3 is 2.36 bits per heavy atom. The van der Waals surface area contributed by atoms with Gasteiger partial charge in [0.25, 0.3) is 5.24 Å². The van der Waals surface area contributed by atoms with E-state index in [-0.39, 0.29) is 11.3 Å². The first-order valence-corrected chi connectivity index (χ1v) is 4.31. The van der Waals surface area contributed by atoms with Crippen LogP contribution in [0.2, 0.25) is 0 Å². The van der Waals surface area contributed by atoms with Gasteiger partial charge < -0.3 is 0 Å².